The van der Waals surface area contributed by atoms with E-state index in [2.05, 4.69) is 26.0 Å². The van der Waals surface area contributed by atoms with Crippen molar-refractivity contribution in [2.75, 3.05) is 0 Å². The second kappa shape index (κ2) is 9.31. The number of sulfonamides is 1. The minimum atomic E-state index is -3.86. The summed E-state index contributed by atoms with van der Waals surface area (Å²) in [4.78, 5) is 23.9. The van der Waals surface area contributed by atoms with Crippen molar-refractivity contribution in [1.82, 2.24) is 10.0 Å². The first-order valence-corrected chi connectivity index (χ1v) is 10.8. The largest absolute Gasteiger partial charge is 0.366 e. The average Bonchev–Trinajstić information content (AvgIpc) is 2.64. The first kappa shape index (κ1) is 22.1. The Morgan fingerprint density at radius 2 is 1.75 bits per heavy atom. The minimum absolute atomic E-state index is 0.0725. The third-order valence-electron chi connectivity index (χ3n) is 4.03. The summed E-state index contributed by atoms with van der Waals surface area (Å²) in [5.74, 6) is -1.29. The van der Waals surface area contributed by atoms with Gasteiger partial charge in [0.05, 0.1) is 4.90 Å². The van der Waals surface area contributed by atoms with Gasteiger partial charge in [-0.3, -0.25) is 9.59 Å². The van der Waals surface area contributed by atoms with E-state index in [0.29, 0.717) is 11.1 Å². The van der Waals surface area contributed by atoms with E-state index < -0.39 is 27.9 Å². The molecular weight excluding hydrogens is 446 g/mol. The molecule has 0 heterocycles. The summed E-state index contributed by atoms with van der Waals surface area (Å²) in [6.07, 6.45) is 0. The van der Waals surface area contributed by atoms with Crippen molar-refractivity contribution < 1.29 is 18.0 Å². The number of rotatable bonds is 8. The second-order valence-electron chi connectivity index (χ2n) is 6.58. The van der Waals surface area contributed by atoms with Gasteiger partial charge in [-0.25, -0.2) is 8.42 Å². The van der Waals surface area contributed by atoms with Crippen LogP contribution in [0.1, 0.15) is 29.8 Å². The molecule has 0 aliphatic heterocycles. The molecule has 9 heteroatoms. The van der Waals surface area contributed by atoms with E-state index in [1.54, 1.807) is 50.2 Å². The SMILES string of the molecule is CC(C)[C@H](NS(=O)(=O)c1ccc(Br)cc1)C(=O)NCc1cccc(C(N)=O)c1. The number of benzene rings is 2. The molecule has 0 fully saturated rings. The molecule has 4 N–H and O–H groups in total. The van der Waals surface area contributed by atoms with Crippen LogP contribution in [0.4, 0.5) is 0 Å². The summed E-state index contributed by atoms with van der Waals surface area (Å²) < 4.78 is 28.4. The topological polar surface area (TPSA) is 118 Å². The summed E-state index contributed by atoms with van der Waals surface area (Å²) in [5, 5.41) is 2.70. The lowest BCUT2D eigenvalue weighted by Gasteiger charge is -2.21. The van der Waals surface area contributed by atoms with Gasteiger partial charge in [0.2, 0.25) is 21.8 Å². The molecule has 2 amide bonds. The van der Waals surface area contributed by atoms with E-state index in [0.717, 1.165) is 4.47 Å². The number of nitrogens with two attached hydrogens (primary N) is 1. The Labute approximate surface area is 172 Å². The van der Waals surface area contributed by atoms with Gasteiger partial charge in [-0.1, -0.05) is 41.9 Å². The zero-order valence-corrected chi connectivity index (χ0v) is 17.9. The van der Waals surface area contributed by atoms with Crippen molar-refractivity contribution in [3.8, 4) is 0 Å². The van der Waals surface area contributed by atoms with Crippen molar-refractivity contribution in [1.29, 1.82) is 0 Å². The van der Waals surface area contributed by atoms with Crippen LogP contribution < -0.4 is 15.8 Å². The number of primary amides is 1. The molecule has 2 aromatic rings. The van der Waals surface area contributed by atoms with Gasteiger partial charge in [-0.2, -0.15) is 4.72 Å². The third-order valence-corrected chi connectivity index (χ3v) is 6.02. The molecule has 1 atom stereocenters. The van der Waals surface area contributed by atoms with Crippen LogP contribution in [0.5, 0.6) is 0 Å². The van der Waals surface area contributed by atoms with E-state index in [-0.39, 0.29) is 17.4 Å². The number of carbonyl (C=O) groups excluding carboxylic acids is 2. The van der Waals surface area contributed by atoms with Crippen LogP contribution in [0.2, 0.25) is 0 Å². The maximum Gasteiger partial charge on any atom is 0.248 e. The van der Waals surface area contributed by atoms with E-state index in [1.807, 2.05) is 0 Å². The Hall–Kier alpha value is -2.23. The fraction of sp³-hybridized carbons (Fsp3) is 0.263. The summed E-state index contributed by atoms with van der Waals surface area (Å²) in [6, 6.07) is 11.8. The normalized spacial score (nSPS) is 12.6. The van der Waals surface area contributed by atoms with Crippen LogP contribution in [0.15, 0.2) is 57.9 Å². The van der Waals surface area contributed by atoms with Crippen molar-refractivity contribution in [2.45, 2.75) is 31.3 Å². The molecule has 0 unspecified atom stereocenters. The van der Waals surface area contributed by atoms with Crippen molar-refractivity contribution >= 4 is 37.8 Å². The number of halogens is 1. The molecule has 2 aromatic carbocycles. The number of nitrogens with one attached hydrogen (secondary N) is 2. The molecule has 0 radical (unpaired) electrons. The standard InChI is InChI=1S/C19H22BrN3O4S/c1-12(2)17(23-28(26,27)16-8-6-15(20)7-9-16)19(25)22-11-13-4-3-5-14(10-13)18(21)24/h3-10,12,17,23H,11H2,1-2H3,(H2,21,24)(H,22,25)/t17-/m0/s1. The van der Waals surface area contributed by atoms with Gasteiger partial charge < -0.3 is 11.1 Å². The van der Waals surface area contributed by atoms with Crippen molar-refractivity contribution in [3.05, 3.63) is 64.1 Å². The Morgan fingerprint density at radius 1 is 1.11 bits per heavy atom. The summed E-state index contributed by atoms with van der Waals surface area (Å²) in [5.41, 5.74) is 6.27. The summed E-state index contributed by atoms with van der Waals surface area (Å²) >= 11 is 3.26. The molecule has 0 saturated heterocycles. The van der Waals surface area contributed by atoms with Crippen LogP contribution in [0, 0.1) is 5.92 Å². The van der Waals surface area contributed by atoms with Crippen molar-refractivity contribution in [3.63, 3.8) is 0 Å². The molecule has 0 aliphatic rings. The summed E-state index contributed by atoms with van der Waals surface area (Å²) in [6.45, 7) is 3.65. The van der Waals surface area contributed by atoms with Crippen LogP contribution in [-0.4, -0.2) is 26.3 Å². The number of hydrogen-bond donors (Lipinski definition) is 3. The minimum Gasteiger partial charge on any atom is -0.366 e. The van der Waals surface area contributed by atoms with Gasteiger partial charge in [0, 0.05) is 16.6 Å². The molecular formula is C19H22BrN3O4S. The first-order valence-electron chi connectivity index (χ1n) is 8.54. The summed E-state index contributed by atoms with van der Waals surface area (Å²) in [7, 11) is -3.86. The van der Waals surface area contributed by atoms with Gasteiger partial charge in [0.1, 0.15) is 6.04 Å². The lowest BCUT2D eigenvalue weighted by atomic mass is 10.0. The molecule has 0 spiro atoms. The molecule has 0 aromatic heterocycles. The van der Waals surface area contributed by atoms with Gasteiger partial charge in [0.25, 0.3) is 0 Å². The lowest BCUT2D eigenvalue weighted by Crippen LogP contribution is -2.49. The Balaban J connectivity index is 2.10. The van der Waals surface area contributed by atoms with E-state index in [4.69, 9.17) is 5.73 Å². The molecule has 150 valence electrons. The maximum atomic E-state index is 12.6. The molecule has 7 nitrogen and oxygen atoms in total. The monoisotopic (exact) mass is 467 g/mol. The number of amides is 2. The zero-order valence-electron chi connectivity index (χ0n) is 15.5. The highest BCUT2D eigenvalue weighted by Crippen LogP contribution is 2.16. The molecule has 0 saturated carbocycles. The first-order chi connectivity index (χ1) is 13.1. The zero-order chi connectivity index (χ0) is 20.9. The average molecular weight is 468 g/mol. The van der Waals surface area contributed by atoms with Crippen molar-refractivity contribution in [2.24, 2.45) is 11.7 Å². The van der Waals surface area contributed by atoms with Crippen LogP contribution in [-0.2, 0) is 21.4 Å². The predicted molar refractivity (Wildman–Crippen MR) is 110 cm³/mol. The van der Waals surface area contributed by atoms with Gasteiger partial charge in [0.15, 0.2) is 0 Å². The third kappa shape index (κ3) is 5.88. The Morgan fingerprint density at radius 3 is 2.32 bits per heavy atom. The van der Waals surface area contributed by atoms with E-state index in [9.17, 15) is 18.0 Å². The fourth-order valence-corrected chi connectivity index (χ4v) is 4.08. The Bertz CT molecular complexity index is 959. The maximum absolute atomic E-state index is 12.6. The van der Waals surface area contributed by atoms with Crippen LogP contribution >= 0.6 is 15.9 Å². The van der Waals surface area contributed by atoms with E-state index in [1.165, 1.54) is 12.1 Å². The van der Waals surface area contributed by atoms with Crippen LogP contribution in [0.3, 0.4) is 0 Å². The highest BCUT2D eigenvalue weighted by Gasteiger charge is 2.28. The fourth-order valence-electron chi connectivity index (χ4n) is 2.47. The van der Waals surface area contributed by atoms with E-state index >= 15 is 0 Å². The second-order valence-corrected chi connectivity index (χ2v) is 9.21. The predicted octanol–water partition coefficient (Wildman–Crippen LogP) is 2.17. The van der Waals surface area contributed by atoms with Gasteiger partial charge >= 0.3 is 0 Å². The molecule has 28 heavy (non-hydrogen) atoms. The van der Waals surface area contributed by atoms with Gasteiger partial charge in [-0.15, -0.1) is 0 Å². The van der Waals surface area contributed by atoms with Crippen LogP contribution in [0.25, 0.3) is 0 Å². The highest BCUT2D eigenvalue weighted by atomic mass is 79.9. The number of hydrogen-bond acceptors (Lipinski definition) is 4. The number of carbonyl (C=O) groups is 2. The molecule has 0 aliphatic carbocycles. The molecule has 0 bridgehead atoms. The smallest absolute Gasteiger partial charge is 0.248 e. The Kier molecular flexibility index (Phi) is 7.34. The lowest BCUT2D eigenvalue weighted by molar-refractivity contribution is -0.123. The van der Waals surface area contributed by atoms with Gasteiger partial charge in [-0.05, 0) is 47.9 Å². The highest BCUT2D eigenvalue weighted by molar-refractivity contribution is 9.10. The molecule has 2 rings (SSSR count). The quantitative estimate of drug-likeness (QED) is 0.550.